The number of hydrogen-bond donors (Lipinski definition) is 1. The summed E-state index contributed by atoms with van der Waals surface area (Å²) in [6.07, 6.45) is 5.57. The second-order valence-electron chi connectivity index (χ2n) is 5.63. The van der Waals surface area contributed by atoms with Gasteiger partial charge in [0, 0.05) is 6.04 Å². The summed E-state index contributed by atoms with van der Waals surface area (Å²) in [6, 6.07) is 3.71. The summed E-state index contributed by atoms with van der Waals surface area (Å²) in [5.74, 6) is 0.518. The number of pyridine rings is 1. The minimum atomic E-state index is -0.253. The van der Waals surface area contributed by atoms with Crippen molar-refractivity contribution in [3.05, 3.63) is 16.7 Å². The number of carbonyl (C=O) groups is 2. The third-order valence-corrected chi connectivity index (χ3v) is 4.43. The number of nitrogens with zero attached hydrogens (tertiary/aromatic N) is 2. The largest absolute Gasteiger partial charge is 0.480 e. The van der Waals surface area contributed by atoms with Gasteiger partial charge in [0.25, 0.3) is 5.91 Å². The van der Waals surface area contributed by atoms with Crippen molar-refractivity contribution in [1.82, 2.24) is 10.3 Å². The van der Waals surface area contributed by atoms with Crippen LogP contribution in [-0.2, 0) is 9.59 Å². The minimum absolute atomic E-state index is 0.0187. The molecule has 2 amide bonds. The van der Waals surface area contributed by atoms with Crippen molar-refractivity contribution >= 4 is 33.6 Å². The molecule has 1 aliphatic carbocycles. The molecule has 1 N–H and O–H groups in total. The van der Waals surface area contributed by atoms with Crippen LogP contribution < -0.4 is 15.0 Å². The topological polar surface area (TPSA) is 71.5 Å². The third-order valence-electron chi connectivity index (χ3n) is 3.99. The number of anilines is 1. The molecule has 3 rings (SSSR count). The predicted octanol–water partition coefficient (Wildman–Crippen LogP) is 2.02. The zero-order valence-electron chi connectivity index (χ0n) is 12.2. The van der Waals surface area contributed by atoms with Crippen LogP contribution >= 0.6 is 15.9 Å². The van der Waals surface area contributed by atoms with E-state index in [1.54, 1.807) is 12.1 Å². The molecule has 0 aromatic carbocycles. The molecule has 1 aromatic heterocycles. The first-order valence-electron chi connectivity index (χ1n) is 7.52. The van der Waals surface area contributed by atoms with Crippen molar-refractivity contribution in [2.75, 3.05) is 18.1 Å². The van der Waals surface area contributed by atoms with Crippen LogP contribution in [-0.4, -0.2) is 36.0 Å². The molecule has 22 heavy (non-hydrogen) atoms. The Morgan fingerprint density at radius 1 is 1.36 bits per heavy atom. The molecular weight excluding hydrogens is 350 g/mol. The maximum Gasteiger partial charge on any atom is 0.266 e. The van der Waals surface area contributed by atoms with E-state index in [0.29, 0.717) is 16.2 Å². The molecule has 118 valence electrons. The van der Waals surface area contributed by atoms with Gasteiger partial charge < -0.3 is 10.1 Å². The molecule has 0 saturated heterocycles. The first-order chi connectivity index (χ1) is 10.6. The summed E-state index contributed by atoms with van der Waals surface area (Å²) in [7, 11) is 0. The van der Waals surface area contributed by atoms with Crippen molar-refractivity contribution in [3.8, 4) is 5.75 Å². The quantitative estimate of drug-likeness (QED) is 0.829. The Morgan fingerprint density at radius 2 is 2.14 bits per heavy atom. The summed E-state index contributed by atoms with van der Waals surface area (Å²) in [5.41, 5.74) is 0. The van der Waals surface area contributed by atoms with Crippen LogP contribution in [0.4, 0.5) is 5.82 Å². The van der Waals surface area contributed by atoms with Crippen LogP contribution in [0.1, 0.15) is 32.1 Å². The number of hydrogen-bond acceptors (Lipinski definition) is 4. The van der Waals surface area contributed by atoms with Crippen molar-refractivity contribution in [3.63, 3.8) is 0 Å². The number of nitrogens with one attached hydrogen (secondary N) is 1. The van der Waals surface area contributed by atoms with Crippen LogP contribution in [0.3, 0.4) is 0 Å². The van der Waals surface area contributed by atoms with E-state index in [4.69, 9.17) is 4.74 Å². The molecule has 6 nitrogen and oxygen atoms in total. The molecule has 1 fully saturated rings. The molecule has 1 aromatic rings. The van der Waals surface area contributed by atoms with Crippen LogP contribution in [0.2, 0.25) is 0 Å². The van der Waals surface area contributed by atoms with Gasteiger partial charge in [-0.15, -0.1) is 0 Å². The molecule has 0 atom stereocenters. The fourth-order valence-electron chi connectivity index (χ4n) is 2.88. The minimum Gasteiger partial charge on any atom is -0.480 e. The number of ether oxygens (including phenoxy) is 1. The van der Waals surface area contributed by atoms with Crippen molar-refractivity contribution in [2.45, 2.75) is 38.1 Å². The summed E-state index contributed by atoms with van der Waals surface area (Å²) >= 11 is 3.28. The predicted molar refractivity (Wildman–Crippen MR) is 84.8 cm³/mol. The van der Waals surface area contributed by atoms with Gasteiger partial charge in [0.2, 0.25) is 5.91 Å². The highest BCUT2D eigenvalue weighted by Gasteiger charge is 2.29. The highest BCUT2D eigenvalue weighted by atomic mass is 79.9. The summed E-state index contributed by atoms with van der Waals surface area (Å²) in [4.78, 5) is 29.9. The number of halogens is 1. The highest BCUT2D eigenvalue weighted by molar-refractivity contribution is 9.10. The number of amides is 2. The van der Waals surface area contributed by atoms with Crippen molar-refractivity contribution in [1.29, 1.82) is 0 Å². The van der Waals surface area contributed by atoms with Gasteiger partial charge in [0.1, 0.15) is 11.1 Å². The highest BCUT2D eigenvalue weighted by Crippen LogP contribution is 2.31. The summed E-state index contributed by atoms with van der Waals surface area (Å²) in [6.45, 7) is -0.0812. The first kappa shape index (κ1) is 15.3. The zero-order chi connectivity index (χ0) is 15.5. The lowest BCUT2D eigenvalue weighted by Gasteiger charge is -2.29. The zero-order valence-corrected chi connectivity index (χ0v) is 13.8. The molecule has 7 heteroatoms. The maximum atomic E-state index is 12.2. The van der Waals surface area contributed by atoms with Crippen LogP contribution in [0.5, 0.6) is 5.75 Å². The van der Waals surface area contributed by atoms with Crippen molar-refractivity contribution < 1.29 is 14.3 Å². The van der Waals surface area contributed by atoms with Gasteiger partial charge >= 0.3 is 0 Å². The van der Waals surface area contributed by atoms with E-state index < -0.39 is 0 Å². The molecule has 1 saturated carbocycles. The SMILES string of the molecule is O=C(CN1C(=O)COc2ccc(Br)nc21)NC1CCCCC1. The van der Waals surface area contributed by atoms with Crippen LogP contribution in [0.15, 0.2) is 16.7 Å². The Labute approximate surface area is 137 Å². The molecule has 2 aliphatic rings. The Hall–Kier alpha value is -1.63. The smallest absolute Gasteiger partial charge is 0.266 e. The fourth-order valence-corrected chi connectivity index (χ4v) is 3.18. The molecular formula is C15H18BrN3O3. The van der Waals surface area contributed by atoms with Gasteiger partial charge in [-0.05, 0) is 40.9 Å². The lowest BCUT2D eigenvalue weighted by molar-refractivity contribution is -0.125. The van der Waals surface area contributed by atoms with Gasteiger partial charge in [-0.1, -0.05) is 19.3 Å². The number of carbonyl (C=O) groups excluding carboxylic acids is 2. The van der Waals surface area contributed by atoms with Gasteiger partial charge in [0.05, 0.1) is 0 Å². The fraction of sp³-hybridized carbons (Fsp3) is 0.533. The van der Waals surface area contributed by atoms with Crippen LogP contribution in [0, 0.1) is 0 Å². The molecule has 0 unspecified atom stereocenters. The normalized spacial score (nSPS) is 18.6. The van der Waals surface area contributed by atoms with Gasteiger partial charge in [0.15, 0.2) is 18.2 Å². The van der Waals surface area contributed by atoms with Gasteiger partial charge in [-0.3, -0.25) is 14.5 Å². The Kier molecular flexibility index (Phi) is 4.61. The summed E-state index contributed by atoms with van der Waals surface area (Å²) in [5, 5.41) is 3.02. The Bertz CT molecular complexity index is 587. The first-order valence-corrected chi connectivity index (χ1v) is 8.32. The van der Waals surface area contributed by atoms with E-state index >= 15 is 0 Å². The lowest BCUT2D eigenvalue weighted by atomic mass is 9.95. The van der Waals surface area contributed by atoms with E-state index in [1.165, 1.54) is 11.3 Å². The third kappa shape index (κ3) is 3.40. The van der Waals surface area contributed by atoms with E-state index in [-0.39, 0.29) is 31.0 Å². The average Bonchev–Trinajstić information content (AvgIpc) is 2.51. The van der Waals surface area contributed by atoms with Gasteiger partial charge in [-0.25, -0.2) is 4.98 Å². The Morgan fingerprint density at radius 3 is 2.91 bits per heavy atom. The van der Waals surface area contributed by atoms with Gasteiger partial charge in [-0.2, -0.15) is 0 Å². The number of rotatable bonds is 3. The molecule has 0 spiro atoms. The Balaban J connectivity index is 1.70. The van der Waals surface area contributed by atoms with Crippen LogP contribution in [0.25, 0.3) is 0 Å². The molecule has 0 radical (unpaired) electrons. The second kappa shape index (κ2) is 6.64. The maximum absolute atomic E-state index is 12.2. The van der Waals surface area contributed by atoms with E-state index in [2.05, 4.69) is 26.2 Å². The monoisotopic (exact) mass is 367 g/mol. The number of fused-ring (bicyclic) bond motifs is 1. The standard InChI is InChI=1S/C15H18BrN3O3/c16-12-7-6-11-15(18-12)19(14(21)9-22-11)8-13(20)17-10-4-2-1-3-5-10/h6-7,10H,1-5,8-9H2,(H,17,20). The molecule has 2 heterocycles. The second-order valence-corrected chi connectivity index (χ2v) is 6.44. The van der Waals surface area contributed by atoms with E-state index in [1.807, 2.05) is 0 Å². The van der Waals surface area contributed by atoms with E-state index in [9.17, 15) is 9.59 Å². The lowest BCUT2D eigenvalue weighted by Crippen LogP contribution is -2.48. The van der Waals surface area contributed by atoms with E-state index in [0.717, 1.165) is 25.7 Å². The molecule has 0 bridgehead atoms. The molecule has 1 aliphatic heterocycles. The van der Waals surface area contributed by atoms with Crippen molar-refractivity contribution in [2.24, 2.45) is 0 Å². The number of aromatic nitrogens is 1. The average molecular weight is 368 g/mol. The summed E-state index contributed by atoms with van der Waals surface area (Å²) < 4.78 is 5.95.